The molecule has 4 nitrogen and oxygen atoms in total. The zero-order valence-corrected chi connectivity index (χ0v) is 9.85. The van der Waals surface area contributed by atoms with E-state index < -0.39 is 0 Å². The molecule has 88 valence electrons. The molecule has 3 rings (SSSR count). The van der Waals surface area contributed by atoms with Gasteiger partial charge in [0.25, 0.3) is 0 Å². The molecule has 1 aliphatic rings. The van der Waals surface area contributed by atoms with Gasteiger partial charge in [0.05, 0.1) is 5.52 Å². The number of hydrogen-bond donors (Lipinski definition) is 2. The molecule has 0 bridgehead atoms. The Morgan fingerprint density at radius 3 is 2.82 bits per heavy atom. The minimum Gasteiger partial charge on any atom is -0.368 e. The van der Waals surface area contributed by atoms with Gasteiger partial charge in [0.2, 0.25) is 5.95 Å². The van der Waals surface area contributed by atoms with Gasteiger partial charge in [-0.2, -0.15) is 4.98 Å². The summed E-state index contributed by atoms with van der Waals surface area (Å²) in [6, 6.07) is 8.39. The third-order valence-electron chi connectivity index (χ3n) is 3.31. The summed E-state index contributed by atoms with van der Waals surface area (Å²) >= 11 is 0. The van der Waals surface area contributed by atoms with E-state index in [4.69, 9.17) is 5.73 Å². The summed E-state index contributed by atoms with van der Waals surface area (Å²) in [5.74, 6) is 1.96. The smallest absolute Gasteiger partial charge is 0.222 e. The van der Waals surface area contributed by atoms with E-state index in [1.807, 2.05) is 24.3 Å². The molecule has 0 amide bonds. The molecule has 0 spiro atoms. The van der Waals surface area contributed by atoms with Gasteiger partial charge in [-0.1, -0.05) is 12.1 Å². The second-order valence-electron chi connectivity index (χ2n) is 4.72. The molecular formula is C13H16N4. The monoisotopic (exact) mass is 228 g/mol. The Bertz CT molecular complexity index is 548. The van der Waals surface area contributed by atoms with Crippen molar-refractivity contribution in [2.75, 3.05) is 11.1 Å². The van der Waals surface area contributed by atoms with Gasteiger partial charge in [-0.05, 0) is 37.8 Å². The van der Waals surface area contributed by atoms with Crippen molar-refractivity contribution in [2.45, 2.75) is 25.8 Å². The molecule has 3 N–H and O–H groups in total. The number of nitrogens with two attached hydrogens (primary N) is 1. The van der Waals surface area contributed by atoms with E-state index in [9.17, 15) is 0 Å². The first-order chi connectivity index (χ1) is 8.24. The lowest BCUT2D eigenvalue weighted by atomic mass is 10.2. The summed E-state index contributed by atoms with van der Waals surface area (Å²) in [5.41, 5.74) is 6.62. The highest BCUT2D eigenvalue weighted by Gasteiger charge is 2.28. The van der Waals surface area contributed by atoms with Crippen LogP contribution in [0.1, 0.15) is 19.8 Å². The number of rotatable bonds is 3. The van der Waals surface area contributed by atoms with Gasteiger partial charge in [0, 0.05) is 11.4 Å². The fraction of sp³-hybridized carbons (Fsp3) is 0.385. The maximum absolute atomic E-state index is 5.73. The van der Waals surface area contributed by atoms with Gasteiger partial charge in [0.15, 0.2) is 0 Å². The van der Waals surface area contributed by atoms with Gasteiger partial charge in [-0.3, -0.25) is 0 Å². The Kier molecular flexibility index (Phi) is 2.35. The Morgan fingerprint density at radius 2 is 2.06 bits per heavy atom. The number of nitrogens with one attached hydrogen (secondary N) is 1. The average Bonchev–Trinajstić information content (AvgIpc) is 3.12. The van der Waals surface area contributed by atoms with E-state index in [1.54, 1.807) is 0 Å². The minimum absolute atomic E-state index is 0.328. The maximum Gasteiger partial charge on any atom is 0.222 e. The van der Waals surface area contributed by atoms with Crippen LogP contribution in [0.25, 0.3) is 10.9 Å². The predicted octanol–water partition coefficient (Wildman–Crippen LogP) is 2.42. The Labute approximate surface area is 100 Å². The molecule has 1 aliphatic carbocycles. The third-order valence-corrected chi connectivity index (χ3v) is 3.31. The van der Waals surface area contributed by atoms with Crippen molar-refractivity contribution in [1.29, 1.82) is 0 Å². The largest absolute Gasteiger partial charge is 0.368 e. The van der Waals surface area contributed by atoms with Crippen molar-refractivity contribution in [3.05, 3.63) is 24.3 Å². The molecule has 2 aromatic rings. The van der Waals surface area contributed by atoms with E-state index >= 15 is 0 Å². The lowest BCUT2D eigenvalue weighted by Gasteiger charge is -2.15. The zero-order valence-electron chi connectivity index (χ0n) is 9.85. The summed E-state index contributed by atoms with van der Waals surface area (Å²) in [6.45, 7) is 2.20. The van der Waals surface area contributed by atoms with Crippen LogP contribution in [-0.4, -0.2) is 16.0 Å². The van der Waals surface area contributed by atoms with E-state index in [2.05, 4.69) is 22.2 Å². The Morgan fingerprint density at radius 1 is 1.29 bits per heavy atom. The molecule has 0 saturated heterocycles. The van der Waals surface area contributed by atoms with Crippen molar-refractivity contribution in [3.63, 3.8) is 0 Å². The molecule has 1 saturated carbocycles. The highest BCUT2D eigenvalue weighted by molar-refractivity contribution is 5.89. The number of nitrogens with zero attached hydrogens (tertiary/aromatic N) is 2. The molecule has 0 radical (unpaired) electrons. The van der Waals surface area contributed by atoms with Crippen molar-refractivity contribution < 1.29 is 0 Å². The number of benzene rings is 1. The van der Waals surface area contributed by atoms with Gasteiger partial charge < -0.3 is 11.1 Å². The summed E-state index contributed by atoms with van der Waals surface area (Å²) in [6.07, 6.45) is 2.62. The van der Waals surface area contributed by atoms with Crippen LogP contribution in [-0.2, 0) is 0 Å². The van der Waals surface area contributed by atoms with Crippen LogP contribution in [0.2, 0.25) is 0 Å². The number of anilines is 2. The third kappa shape index (κ3) is 2.02. The van der Waals surface area contributed by atoms with Gasteiger partial charge in [-0.25, -0.2) is 4.98 Å². The topological polar surface area (TPSA) is 63.8 Å². The first-order valence-electron chi connectivity index (χ1n) is 6.03. The molecule has 1 heterocycles. The summed E-state index contributed by atoms with van der Waals surface area (Å²) < 4.78 is 0. The second-order valence-corrected chi connectivity index (χ2v) is 4.72. The Hall–Kier alpha value is -1.84. The summed E-state index contributed by atoms with van der Waals surface area (Å²) in [5, 5.41) is 4.49. The summed E-state index contributed by atoms with van der Waals surface area (Å²) in [7, 11) is 0. The van der Waals surface area contributed by atoms with Crippen molar-refractivity contribution in [2.24, 2.45) is 5.92 Å². The lowest BCUT2D eigenvalue weighted by molar-refractivity contribution is 0.691. The van der Waals surface area contributed by atoms with E-state index in [0.717, 1.165) is 22.6 Å². The van der Waals surface area contributed by atoms with Crippen molar-refractivity contribution in [1.82, 2.24) is 9.97 Å². The molecule has 1 aromatic carbocycles. The normalized spacial score (nSPS) is 17.0. The first kappa shape index (κ1) is 10.3. The highest BCUT2D eigenvalue weighted by Crippen LogP contribution is 2.34. The molecule has 0 aliphatic heterocycles. The Balaban J connectivity index is 2.01. The van der Waals surface area contributed by atoms with Crippen molar-refractivity contribution in [3.8, 4) is 0 Å². The highest BCUT2D eigenvalue weighted by atomic mass is 15.1. The van der Waals surface area contributed by atoms with Crippen LogP contribution in [0.15, 0.2) is 24.3 Å². The quantitative estimate of drug-likeness (QED) is 0.846. The number of aromatic nitrogens is 2. The van der Waals surface area contributed by atoms with Crippen LogP contribution in [0.4, 0.5) is 11.8 Å². The first-order valence-corrected chi connectivity index (χ1v) is 6.03. The second kappa shape index (κ2) is 3.87. The fourth-order valence-corrected chi connectivity index (χ4v) is 2.13. The SMILES string of the molecule is CC(Nc1nc(N)nc2ccccc12)C1CC1. The number of nitrogen functional groups attached to an aromatic ring is 1. The average molecular weight is 228 g/mol. The lowest BCUT2D eigenvalue weighted by Crippen LogP contribution is -2.18. The fourth-order valence-electron chi connectivity index (χ4n) is 2.13. The maximum atomic E-state index is 5.73. The van der Waals surface area contributed by atoms with Crippen LogP contribution < -0.4 is 11.1 Å². The molecule has 1 fully saturated rings. The molecule has 4 heteroatoms. The van der Waals surface area contributed by atoms with Crippen LogP contribution >= 0.6 is 0 Å². The molecule has 1 unspecified atom stereocenters. The molecule has 17 heavy (non-hydrogen) atoms. The number of hydrogen-bond acceptors (Lipinski definition) is 4. The van der Waals surface area contributed by atoms with E-state index in [-0.39, 0.29) is 0 Å². The van der Waals surface area contributed by atoms with Crippen LogP contribution in [0, 0.1) is 5.92 Å². The van der Waals surface area contributed by atoms with Gasteiger partial charge >= 0.3 is 0 Å². The number of fused-ring (bicyclic) bond motifs is 1. The van der Waals surface area contributed by atoms with Gasteiger partial charge in [-0.15, -0.1) is 0 Å². The molecule has 1 atom stereocenters. The molecule has 1 aromatic heterocycles. The zero-order chi connectivity index (χ0) is 11.8. The number of para-hydroxylation sites is 1. The minimum atomic E-state index is 0.328. The van der Waals surface area contributed by atoms with Crippen molar-refractivity contribution >= 4 is 22.7 Å². The summed E-state index contributed by atoms with van der Waals surface area (Å²) in [4.78, 5) is 8.54. The van der Waals surface area contributed by atoms with E-state index in [0.29, 0.717) is 12.0 Å². The molecular weight excluding hydrogens is 212 g/mol. The van der Waals surface area contributed by atoms with Gasteiger partial charge in [0.1, 0.15) is 5.82 Å². The van der Waals surface area contributed by atoms with Crippen LogP contribution in [0.5, 0.6) is 0 Å². The standard InChI is InChI=1S/C13H16N4/c1-8(9-6-7-9)15-12-10-4-2-3-5-11(10)16-13(14)17-12/h2-5,8-9H,6-7H2,1H3,(H3,14,15,16,17). The van der Waals surface area contributed by atoms with Crippen LogP contribution in [0.3, 0.4) is 0 Å². The van der Waals surface area contributed by atoms with E-state index in [1.165, 1.54) is 12.8 Å². The predicted molar refractivity (Wildman–Crippen MR) is 69.8 cm³/mol.